The maximum atomic E-state index is 5.92. The van der Waals surface area contributed by atoms with E-state index in [1.807, 2.05) is 0 Å². The lowest BCUT2D eigenvalue weighted by Crippen LogP contribution is -2.35. The van der Waals surface area contributed by atoms with Gasteiger partial charge in [-0.25, -0.2) is 0 Å². The van der Waals surface area contributed by atoms with E-state index in [4.69, 9.17) is 4.74 Å². The van der Waals surface area contributed by atoms with Crippen LogP contribution < -0.4 is 5.32 Å². The van der Waals surface area contributed by atoms with Crippen LogP contribution in [0, 0.1) is 0 Å². The molecule has 0 atom stereocenters. The molecule has 0 radical (unpaired) electrons. The van der Waals surface area contributed by atoms with Gasteiger partial charge in [-0.3, -0.25) is 0 Å². The van der Waals surface area contributed by atoms with E-state index in [0.717, 1.165) is 19.1 Å². The summed E-state index contributed by atoms with van der Waals surface area (Å²) in [6, 6.07) is 11.7. The van der Waals surface area contributed by atoms with Crippen LogP contribution in [0.5, 0.6) is 0 Å². The smallest absolute Gasteiger partial charge is 0.0594 e. The highest BCUT2D eigenvalue weighted by molar-refractivity contribution is 5.20. The van der Waals surface area contributed by atoms with E-state index in [9.17, 15) is 0 Å². The molecule has 0 aliphatic heterocycles. The van der Waals surface area contributed by atoms with Crippen LogP contribution in [-0.4, -0.2) is 25.3 Å². The minimum atomic E-state index is 0.556. The lowest BCUT2D eigenvalue weighted by atomic mass is 9.82. The minimum Gasteiger partial charge on any atom is -0.377 e. The van der Waals surface area contributed by atoms with Gasteiger partial charge in [-0.2, -0.15) is 0 Å². The molecule has 2 aliphatic rings. The highest BCUT2D eigenvalue weighted by atomic mass is 16.5. The Bertz CT molecular complexity index is 391. The number of hydrogen-bond donors (Lipinski definition) is 1. The van der Waals surface area contributed by atoms with Crippen molar-refractivity contribution in [2.75, 3.05) is 13.2 Å². The van der Waals surface area contributed by atoms with E-state index < -0.39 is 0 Å². The molecule has 2 heteroatoms. The second-order valence-electron chi connectivity index (χ2n) is 6.69. The van der Waals surface area contributed by atoms with Gasteiger partial charge in [0, 0.05) is 12.6 Å². The van der Waals surface area contributed by atoms with Gasteiger partial charge in [0.1, 0.15) is 0 Å². The van der Waals surface area contributed by atoms with Crippen LogP contribution in [0.25, 0.3) is 0 Å². The number of benzene rings is 1. The van der Waals surface area contributed by atoms with Crippen molar-refractivity contribution in [3.63, 3.8) is 0 Å². The molecule has 0 amide bonds. The molecule has 1 aromatic rings. The molecule has 3 rings (SSSR count). The van der Waals surface area contributed by atoms with Crippen molar-refractivity contribution in [1.82, 2.24) is 5.32 Å². The fourth-order valence-corrected chi connectivity index (χ4v) is 3.90. The van der Waals surface area contributed by atoms with Crippen molar-refractivity contribution in [3.8, 4) is 0 Å². The normalized spacial score (nSPS) is 27.0. The van der Waals surface area contributed by atoms with Crippen molar-refractivity contribution in [2.24, 2.45) is 0 Å². The molecule has 0 spiro atoms. The van der Waals surface area contributed by atoms with E-state index >= 15 is 0 Å². The summed E-state index contributed by atoms with van der Waals surface area (Å²) in [7, 11) is 0. The summed E-state index contributed by atoms with van der Waals surface area (Å²) in [5.41, 5.74) is 1.53. The second kappa shape index (κ2) is 7.95. The molecular formula is C19H29NO. The summed E-state index contributed by atoms with van der Waals surface area (Å²) < 4.78 is 5.92. The third-order valence-corrected chi connectivity index (χ3v) is 5.19. The molecule has 0 saturated heterocycles. The SMILES string of the molecule is c1ccc(C2CCC(NCCOC3CCCC3)CC2)cc1. The van der Waals surface area contributed by atoms with Gasteiger partial charge in [-0.15, -0.1) is 0 Å². The standard InChI is InChI=1S/C19H29NO/c1-2-6-16(7-3-1)17-10-12-18(13-11-17)20-14-15-21-19-8-4-5-9-19/h1-3,6-7,17-20H,4-5,8-15H2. The fourth-order valence-electron chi connectivity index (χ4n) is 3.90. The summed E-state index contributed by atoms with van der Waals surface area (Å²) in [6.45, 7) is 1.92. The third-order valence-electron chi connectivity index (χ3n) is 5.19. The van der Waals surface area contributed by atoms with E-state index in [1.54, 1.807) is 0 Å². The van der Waals surface area contributed by atoms with Gasteiger partial charge in [0.15, 0.2) is 0 Å². The zero-order valence-corrected chi connectivity index (χ0v) is 13.1. The molecule has 0 aromatic heterocycles. The molecule has 0 heterocycles. The van der Waals surface area contributed by atoms with Crippen LogP contribution in [0.1, 0.15) is 62.8 Å². The zero-order valence-electron chi connectivity index (χ0n) is 13.1. The molecule has 21 heavy (non-hydrogen) atoms. The molecule has 0 unspecified atom stereocenters. The van der Waals surface area contributed by atoms with E-state index in [0.29, 0.717) is 12.1 Å². The topological polar surface area (TPSA) is 21.3 Å². The van der Waals surface area contributed by atoms with Crippen LogP contribution in [0.15, 0.2) is 30.3 Å². The average Bonchev–Trinajstić information content (AvgIpc) is 3.06. The Morgan fingerprint density at radius 1 is 0.905 bits per heavy atom. The van der Waals surface area contributed by atoms with Crippen molar-refractivity contribution in [2.45, 2.75) is 69.4 Å². The molecule has 2 aliphatic carbocycles. The van der Waals surface area contributed by atoms with Crippen molar-refractivity contribution < 1.29 is 4.74 Å². The maximum absolute atomic E-state index is 5.92. The highest BCUT2D eigenvalue weighted by Gasteiger charge is 2.22. The molecule has 1 aromatic carbocycles. The summed E-state index contributed by atoms with van der Waals surface area (Å²) in [6.07, 6.45) is 11.1. The third kappa shape index (κ3) is 4.55. The van der Waals surface area contributed by atoms with E-state index in [-0.39, 0.29) is 0 Å². The molecule has 1 N–H and O–H groups in total. The molecule has 0 bridgehead atoms. The van der Waals surface area contributed by atoms with Crippen LogP contribution in [0.2, 0.25) is 0 Å². The Morgan fingerprint density at radius 2 is 1.62 bits per heavy atom. The summed E-state index contributed by atoms with van der Waals surface area (Å²) in [5, 5.41) is 3.69. The number of hydrogen-bond acceptors (Lipinski definition) is 2. The van der Waals surface area contributed by atoms with Gasteiger partial charge in [0.2, 0.25) is 0 Å². The lowest BCUT2D eigenvalue weighted by Gasteiger charge is -2.29. The van der Waals surface area contributed by atoms with Gasteiger partial charge in [-0.05, 0) is 50.0 Å². The van der Waals surface area contributed by atoms with Gasteiger partial charge >= 0.3 is 0 Å². The Labute approximate surface area is 129 Å². The first-order valence-electron chi connectivity index (χ1n) is 8.82. The van der Waals surface area contributed by atoms with Gasteiger partial charge < -0.3 is 10.1 Å². The molecular weight excluding hydrogens is 258 g/mol. The van der Waals surface area contributed by atoms with Crippen molar-refractivity contribution in [1.29, 1.82) is 0 Å². The average molecular weight is 287 g/mol. The largest absolute Gasteiger partial charge is 0.377 e. The highest BCUT2D eigenvalue weighted by Crippen LogP contribution is 2.32. The van der Waals surface area contributed by atoms with Gasteiger partial charge in [-0.1, -0.05) is 43.2 Å². The number of ether oxygens (including phenoxy) is 1. The Balaban J connectivity index is 1.30. The van der Waals surface area contributed by atoms with Crippen molar-refractivity contribution >= 4 is 0 Å². The van der Waals surface area contributed by atoms with E-state index in [1.165, 1.54) is 56.9 Å². The first-order chi connectivity index (χ1) is 10.4. The van der Waals surface area contributed by atoms with Crippen LogP contribution >= 0.6 is 0 Å². The number of rotatable bonds is 6. The summed E-state index contributed by atoms with van der Waals surface area (Å²) >= 11 is 0. The van der Waals surface area contributed by atoms with Crippen LogP contribution in [-0.2, 0) is 4.74 Å². The number of nitrogens with one attached hydrogen (secondary N) is 1. The molecule has 2 fully saturated rings. The predicted octanol–water partition coefficient (Wildman–Crippen LogP) is 4.26. The summed E-state index contributed by atoms with van der Waals surface area (Å²) in [4.78, 5) is 0. The summed E-state index contributed by atoms with van der Waals surface area (Å²) in [5.74, 6) is 0.777. The molecule has 2 nitrogen and oxygen atoms in total. The first-order valence-corrected chi connectivity index (χ1v) is 8.82. The predicted molar refractivity (Wildman–Crippen MR) is 87.6 cm³/mol. The lowest BCUT2D eigenvalue weighted by molar-refractivity contribution is 0.0583. The molecule has 116 valence electrons. The fraction of sp³-hybridized carbons (Fsp3) is 0.684. The zero-order chi connectivity index (χ0) is 14.3. The Morgan fingerprint density at radius 3 is 2.33 bits per heavy atom. The van der Waals surface area contributed by atoms with E-state index in [2.05, 4.69) is 35.6 Å². The van der Waals surface area contributed by atoms with Crippen LogP contribution in [0.4, 0.5) is 0 Å². The Hall–Kier alpha value is -0.860. The van der Waals surface area contributed by atoms with Gasteiger partial charge in [0.05, 0.1) is 12.7 Å². The van der Waals surface area contributed by atoms with Gasteiger partial charge in [0.25, 0.3) is 0 Å². The first kappa shape index (κ1) is 15.1. The quantitative estimate of drug-likeness (QED) is 0.789. The second-order valence-corrected chi connectivity index (χ2v) is 6.69. The van der Waals surface area contributed by atoms with Crippen molar-refractivity contribution in [3.05, 3.63) is 35.9 Å². The maximum Gasteiger partial charge on any atom is 0.0594 e. The Kier molecular flexibility index (Phi) is 5.70. The van der Waals surface area contributed by atoms with Crippen LogP contribution in [0.3, 0.4) is 0 Å². The molecule has 2 saturated carbocycles. The minimum absolute atomic E-state index is 0.556. The monoisotopic (exact) mass is 287 g/mol.